The molecule has 0 aliphatic heterocycles. The van der Waals surface area contributed by atoms with Crippen LogP contribution in [0.2, 0.25) is 5.02 Å². The van der Waals surface area contributed by atoms with Gasteiger partial charge in [0.1, 0.15) is 5.69 Å². The Balaban J connectivity index is 1.69. The fourth-order valence-corrected chi connectivity index (χ4v) is 3.45. The third kappa shape index (κ3) is 3.86. The summed E-state index contributed by atoms with van der Waals surface area (Å²) < 4.78 is 0.984. The molecule has 4 aromatic rings. The molecule has 28 heavy (non-hydrogen) atoms. The summed E-state index contributed by atoms with van der Waals surface area (Å²) in [6.07, 6.45) is 1.60. The smallest absolute Gasteiger partial charge is 0.288 e. The van der Waals surface area contributed by atoms with E-state index in [2.05, 4.69) is 31.4 Å². The van der Waals surface area contributed by atoms with E-state index in [1.165, 1.54) is 0 Å². The Morgan fingerprint density at radius 3 is 2.54 bits per heavy atom. The van der Waals surface area contributed by atoms with Crippen molar-refractivity contribution in [1.82, 2.24) is 10.4 Å². The zero-order chi connectivity index (χ0) is 19.5. The molecule has 0 fully saturated rings. The van der Waals surface area contributed by atoms with Crippen molar-refractivity contribution in [2.75, 3.05) is 0 Å². The number of aromatic nitrogens is 1. The van der Waals surface area contributed by atoms with Gasteiger partial charge in [-0.05, 0) is 41.5 Å². The van der Waals surface area contributed by atoms with Crippen molar-refractivity contribution >= 4 is 50.6 Å². The number of fused-ring (bicyclic) bond motifs is 1. The molecule has 3 aromatic carbocycles. The molecule has 138 valence electrons. The van der Waals surface area contributed by atoms with Crippen molar-refractivity contribution in [3.63, 3.8) is 0 Å². The molecule has 6 heteroatoms. The van der Waals surface area contributed by atoms with Gasteiger partial charge in [-0.3, -0.25) is 4.79 Å². The van der Waals surface area contributed by atoms with Crippen LogP contribution in [0, 0.1) is 0 Å². The van der Waals surface area contributed by atoms with E-state index in [0.29, 0.717) is 10.7 Å². The van der Waals surface area contributed by atoms with Gasteiger partial charge in [0.2, 0.25) is 0 Å². The van der Waals surface area contributed by atoms with Gasteiger partial charge in [0.05, 0.1) is 6.21 Å². The number of nitrogens with one attached hydrogen (secondary N) is 2. The van der Waals surface area contributed by atoms with E-state index >= 15 is 0 Å². The van der Waals surface area contributed by atoms with Gasteiger partial charge in [0.15, 0.2) is 0 Å². The lowest BCUT2D eigenvalue weighted by molar-refractivity contribution is 0.0951. The molecule has 0 unspecified atom stereocenters. The van der Waals surface area contributed by atoms with E-state index in [1.807, 2.05) is 66.7 Å². The fourth-order valence-electron chi connectivity index (χ4n) is 3.01. The summed E-state index contributed by atoms with van der Waals surface area (Å²) in [5.41, 5.74) is 6.50. The number of hydrogen-bond acceptors (Lipinski definition) is 2. The predicted octanol–water partition coefficient (Wildman–Crippen LogP) is 6.01. The number of benzene rings is 3. The maximum absolute atomic E-state index is 12.8. The molecule has 4 rings (SSSR count). The molecule has 0 bridgehead atoms. The van der Waals surface area contributed by atoms with Gasteiger partial charge in [0, 0.05) is 26.0 Å². The monoisotopic (exact) mass is 451 g/mol. The molecule has 1 aromatic heterocycles. The molecule has 0 spiro atoms. The standard InChI is InChI=1S/C22H15BrClN3O/c23-16-8-6-14(7-9-16)13-25-27-22(28)21-20(15-4-2-1-3-5-15)18-12-17(24)10-11-19(18)26-21/h1-13,26H,(H,27,28)/b25-13-. The number of nitrogens with zero attached hydrogens (tertiary/aromatic N) is 1. The van der Waals surface area contributed by atoms with Crippen molar-refractivity contribution in [2.24, 2.45) is 5.10 Å². The number of rotatable bonds is 4. The second-order valence-electron chi connectivity index (χ2n) is 6.18. The maximum Gasteiger partial charge on any atom is 0.288 e. The predicted molar refractivity (Wildman–Crippen MR) is 118 cm³/mol. The molecular weight excluding hydrogens is 438 g/mol. The zero-order valence-electron chi connectivity index (χ0n) is 14.6. The first-order chi connectivity index (χ1) is 13.6. The summed E-state index contributed by atoms with van der Waals surface area (Å²) in [5, 5.41) is 5.59. The van der Waals surface area contributed by atoms with E-state index in [4.69, 9.17) is 11.6 Å². The normalized spacial score (nSPS) is 11.2. The average Bonchev–Trinajstić information content (AvgIpc) is 3.09. The first-order valence-corrected chi connectivity index (χ1v) is 9.74. The van der Waals surface area contributed by atoms with E-state index in [-0.39, 0.29) is 5.91 Å². The zero-order valence-corrected chi connectivity index (χ0v) is 17.0. The second-order valence-corrected chi connectivity index (χ2v) is 7.53. The van der Waals surface area contributed by atoms with Crippen LogP contribution < -0.4 is 5.43 Å². The van der Waals surface area contributed by atoms with Crippen LogP contribution >= 0.6 is 27.5 Å². The van der Waals surface area contributed by atoms with E-state index in [1.54, 1.807) is 12.3 Å². The first-order valence-electron chi connectivity index (χ1n) is 8.57. The van der Waals surface area contributed by atoms with Crippen molar-refractivity contribution < 1.29 is 4.79 Å². The van der Waals surface area contributed by atoms with E-state index < -0.39 is 0 Å². The Kier molecular flexibility index (Phi) is 5.28. The Labute approximate surface area is 175 Å². The summed E-state index contributed by atoms with van der Waals surface area (Å²) in [7, 11) is 0. The lowest BCUT2D eigenvalue weighted by atomic mass is 10.0. The molecule has 0 aliphatic carbocycles. The van der Waals surface area contributed by atoms with Crippen LogP contribution in [0.5, 0.6) is 0 Å². The van der Waals surface area contributed by atoms with Crippen LogP contribution in [0.15, 0.2) is 82.4 Å². The van der Waals surface area contributed by atoms with Crippen molar-refractivity contribution in [3.8, 4) is 11.1 Å². The van der Waals surface area contributed by atoms with Crippen LogP contribution in [-0.4, -0.2) is 17.1 Å². The summed E-state index contributed by atoms with van der Waals surface area (Å²) in [6.45, 7) is 0. The minimum atomic E-state index is -0.320. The quantitative estimate of drug-likeness (QED) is 0.289. The second kappa shape index (κ2) is 8.00. The van der Waals surface area contributed by atoms with Gasteiger partial charge in [-0.25, -0.2) is 5.43 Å². The number of amides is 1. The number of carbonyl (C=O) groups is 1. The van der Waals surface area contributed by atoms with Gasteiger partial charge in [-0.1, -0.05) is 70.0 Å². The van der Waals surface area contributed by atoms with Crippen LogP contribution in [0.1, 0.15) is 16.1 Å². The fraction of sp³-hybridized carbons (Fsp3) is 0. The number of hydrogen-bond donors (Lipinski definition) is 2. The Bertz CT molecular complexity index is 1170. The maximum atomic E-state index is 12.8. The number of aromatic amines is 1. The molecule has 1 heterocycles. The van der Waals surface area contributed by atoms with E-state index in [0.717, 1.165) is 32.1 Å². The molecule has 2 N–H and O–H groups in total. The molecule has 0 saturated carbocycles. The van der Waals surface area contributed by atoms with Crippen LogP contribution in [-0.2, 0) is 0 Å². The van der Waals surface area contributed by atoms with Crippen molar-refractivity contribution in [1.29, 1.82) is 0 Å². The summed E-state index contributed by atoms with van der Waals surface area (Å²) >= 11 is 9.58. The summed E-state index contributed by atoms with van der Waals surface area (Å²) in [4.78, 5) is 16.0. The third-order valence-corrected chi connectivity index (χ3v) is 5.06. The Morgan fingerprint density at radius 1 is 1.04 bits per heavy atom. The van der Waals surface area contributed by atoms with Crippen LogP contribution in [0.25, 0.3) is 22.0 Å². The summed E-state index contributed by atoms with van der Waals surface area (Å²) in [5.74, 6) is -0.320. The van der Waals surface area contributed by atoms with Gasteiger partial charge < -0.3 is 4.98 Å². The Morgan fingerprint density at radius 2 is 1.79 bits per heavy atom. The van der Waals surface area contributed by atoms with Gasteiger partial charge >= 0.3 is 0 Å². The molecule has 0 atom stereocenters. The molecule has 4 nitrogen and oxygen atoms in total. The minimum absolute atomic E-state index is 0.320. The molecule has 0 saturated heterocycles. The largest absolute Gasteiger partial charge is 0.350 e. The number of halogens is 2. The summed E-state index contributed by atoms with van der Waals surface area (Å²) in [6, 6.07) is 22.9. The number of hydrazone groups is 1. The molecule has 0 radical (unpaired) electrons. The highest BCUT2D eigenvalue weighted by molar-refractivity contribution is 9.10. The van der Waals surface area contributed by atoms with Gasteiger partial charge in [-0.15, -0.1) is 0 Å². The topological polar surface area (TPSA) is 57.2 Å². The Hall–Kier alpha value is -2.89. The molecular formula is C22H15BrClN3O. The SMILES string of the molecule is O=C(N/N=C\c1ccc(Br)cc1)c1[nH]c2ccc(Cl)cc2c1-c1ccccc1. The number of H-pyrrole nitrogens is 1. The van der Waals surface area contributed by atoms with Crippen molar-refractivity contribution in [2.45, 2.75) is 0 Å². The lowest BCUT2D eigenvalue weighted by Crippen LogP contribution is -2.18. The van der Waals surface area contributed by atoms with Gasteiger partial charge in [-0.2, -0.15) is 5.10 Å². The average molecular weight is 453 g/mol. The first kappa shape index (κ1) is 18.5. The highest BCUT2D eigenvalue weighted by atomic mass is 79.9. The minimum Gasteiger partial charge on any atom is -0.350 e. The number of carbonyl (C=O) groups excluding carboxylic acids is 1. The lowest BCUT2D eigenvalue weighted by Gasteiger charge is -2.04. The molecule has 1 amide bonds. The third-order valence-electron chi connectivity index (χ3n) is 4.30. The molecule has 0 aliphatic rings. The highest BCUT2D eigenvalue weighted by Gasteiger charge is 2.19. The van der Waals surface area contributed by atoms with Crippen LogP contribution in [0.3, 0.4) is 0 Å². The highest BCUT2D eigenvalue weighted by Crippen LogP contribution is 2.34. The van der Waals surface area contributed by atoms with Gasteiger partial charge in [0.25, 0.3) is 5.91 Å². The van der Waals surface area contributed by atoms with Crippen LogP contribution in [0.4, 0.5) is 0 Å². The van der Waals surface area contributed by atoms with E-state index in [9.17, 15) is 4.79 Å². The van der Waals surface area contributed by atoms with Crippen molar-refractivity contribution in [3.05, 3.63) is 93.5 Å².